The molecule has 0 aliphatic rings. The number of phenolic OH excluding ortho intramolecular Hbond substituents is 1. The molecule has 0 fully saturated rings. The normalized spacial score (nSPS) is 10.0. The van der Waals surface area contributed by atoms with E-state index in [2.05, 4.69) is 10.6 Å². The van der Waals surface area contributed by atoms with Crippen LogP contribution in [-0.4, -0.2) is 31.2 Å². The van der Waals surface area contributed by atoms with Crippen molar-refractivity contribution < 1.29 is 9.90 Å². The maximum atomic E-state index is 11.6. The lowest BCUT2D eigenvalue weighted by Crippen LogP contribution is -2.30. The van der Waals surface area contributed by atoms with E-state index in [0.717, 1.165) is 5.56 Å². The molecule has 0 aromatic heterocycles. The first kappa shape index (κ1) is 11.5. The first-order valence-corrected chi connectivity index (χ1v) is 4.87. The highest BCUT2D eigenvalue weighted by Crippen LogP contribution is 2.17. The minimum absolute atomic E-state index is 0.0163. The zero-order valence-corrected chi connectivity index (χ0v) is 9.00. The molecule has 3 N–H and O–H groups in total. The fraction of sp³-hybridized carbons (Fsp3) is 0.364. The Kier molecular flexibility index (Phi) is 4.12. The number of phenols is 1. The van der Waals surface area contributed by atoms with E-state index in [9.17, 15) is 9.90 Å². The van der Waals surface area contributed by atoms with Gasteiger partial charge in [0.25, 0.3) is 5.91 Å². The van der Waals surface area contributed by atoms with Crippen LogP contribution in [0.15, 0.2) is 18.2 Å². The lowest BCUT2D eigenvalue weighted by atomic mass is 10.1. The SMILES string of the molecule is CNCCNC(=O)c1cc(C)ccc1O. The summed E-state index contributed by atoms with van der Waals surface area (Å²) in [5, 5.41) is 15.1. The average molecular weight is 208 g/mol. The summed E-state index contributed by atoms with van der Waals surface area (Å²) >= 11 is 0. The molecule has 0 bridgehead atoms. The zero-order chi connectivity index (χ0) is 11.3. The summed E-state index contributed by atoms with van der Waals surface area (Å²) in [7, 11) is 1.82. The third-order valence-corrected chi connectivity index (χ3v) is 2.06. The van der Waals surface area contributed by atoms with Gasteiger partial charge in [0.2, 0.25) is 0 Å². The van der Waals surface area contributed by atoms with Crippen LogP contribution >= 0.6 is 0 Å². The van der Waals surface area contributed by atoms with Crippen LogP contribution in [0.5, 0.6) is 5.75 Å². The predicted octanol–water partition coefficient (Wildman–Crippen LogP) is 0.650. The molecule has 0 unspecified atom stereocenters. The van der Waals surface area contributed by atoms with Gasteiger partial charge in [0.05, 0.1) is 5.56 Å². The number of carbonyl (C=O) groups excluding carboxylic acids is 1. The molecule has 4 nitrogen and oxygen atoms in total. The standard InChI is InChI=1S/C11H16N2O2/c1-8-3-4-10(14)9(7-8)11(15)13-6-5-12-2/h3-4,7,12,14H,5-6H2,1-2H3,(H,13,15). The molecule has 1 rings (SSSR count). The number of amides is 1. The molecule has 1 amide bonds. The molecule has 82 valence electrons. The van der Waals surface area contributed by atoms with Gasteiger partial charge in [-0.3, -0.25) is 4.79 Å². The van der Waals surface area contributed by atoms with Gasteiger partial charge in [0.1, 0.15) is 5.75 Å². The second-order valence-electron chi connectivity index (χ2n) is 3.38. The molecule has 0 spiro atoms. The molecule has 1 aromatic rings. The molecule has 0 radical (unpaired) electrons. The monoisotopic (exact) mass is 208 g/mol. The number of carbonyl (C=O) groups is 1. The fourth-order valence-corrected chi connectivity index (χ4v) is 1.23. The zero-order valence-electron chi connectivity index (χ0n) is 9.00. The van der Waals surface area contributed by atoms with Crippen molar-refractivity contribution in [1.29, 1.82) is 0 Å². The smallest absolute Gasteiger partial charge is 0.255 e. The van der Waals surface area contributed by atoms with Gasteiger partial charge in [-0.15, -0.1) is 0 Å². The minimum atomic E-state index is -0.244. The lowest BCUT2D eigenvalue weighted by Gasteiger charge is -2.07. The Hall–Kier alpha value is -1.55. The Balaban J connectivity index is 2.68. The van der Waals surface area contributed by atoms with E-state index in [0.29, 0.717) is 18.7 Å². The third kappa shape index (κ3) is 3.25. The van der Waals surface area contributed by atoms with Crippen molar-refractivity contribution in [3.05, 3.63) is 29.3 Å². The van der Waals surface area contributed by atoms with Crippen molar-refractivity contribution in [2.75, 3.05) is 20.1 Å². The van der Waals surface area contributed by atoms with Gasteiger partial charge in [-0.2, -0.15) is 0 Å². The van der Waals surface area contributed by atoms with Crippen LogP contribution in [0, 0.1) is 6.92 Å². The van der Waals surface area contributed by atoms with Crippen LogP contribution in [-0.2, 0) is 0 Å². The van der Waals surface area contributed by atoms with E-state index in [1.54, 1.807) is 12.1 Å². The van der Waals surface area contributed by atoms with Crippen molar-refractivity contribution in [2.45, 2.75) is 6.92 Å². The van der Waals surface area contributed by atoms with Crippen molar-refractivity contribution in [3.63, 3.8) is 0 Å². The van der Waals surface area contributed by atoms with Gasteiger partial charge in [-0.25, -0.2) is 0 Å². The van der Waals surface area contributed by atoms with Gasteiger partial charge in [-0.05, 0) is 26.1 Å². The highest BCUT2D eigenvalue weighted by molar-refractivity contribution is 5.96. The van der Waals surface area contributed by atoms with E-state index in [1.807, 2.05) is 14.0 Å². The summed E-state index contributed by atoms with van der Waals surface area (Å²) in [4.78, 5) is 11.6. The van der Waals surface area contributed by atoms with Crippen molar-refractivity contribution in [2.24, 2.45) is 0 Å². The quantitative estimate of drug-likeness (QED) is 0.637. The van der Waals surface area contributed by atoms with E-state index in [4.69, 9.17) is 0 Å². The molecule has 0 saturated heterocycles. The Bertz CT molecular complexity index is 350. The Morgan fingerprint density at radius 1 is 1.40 bits per heavy atom. The van der Waals surface area contributed by atoms with E-state index in [1.165, 1.54) is 6.07 Å². The maximum absolute atomic E-state index is 11.6. The second kappa shape index (κ2) is 5.36. The van der Waals surface area contributed by atoms with Crippen LogP contribution in [0.25, 0.3) is 0 Å². The van der Waals surface area contributed by atoms with Crippen LogP contribution in [0.3, 0.4) is 0 Å². The molecule has 0 aliphatic heterocycles. The number of rotatable bonds is 4. The van der Waals surface area contributed by atoms with Crippen molar-refractivity contribution in [1.82, 2.24) is 10.6 Å². The van der Waals surface area contributed by atoms with Gasteiger partial charge in [0, 0.05) is 13.1 Å². The molecule has 0 saturated carbocycles. The van der Waals surface area contributed by atoms with Crippen molar-refractivity contribution in [3.8, 4) is 5.75 Å². The first-order chi connectivity index (χ1) is 7.15. The number of hydrogen-bond acceptors (Lipinski definition) is 3. The van der Waals surface area contributed by atoms with E-state index in [-0.39, 0.29) is 11.7 Å². The highest BCUT2D eigenvalue weighted by atomic mass is 16.3. The number of nitrogens with one attached hydrogen (secondary N) is 2. The van der Waals surface area contributed by atoms with Gasteiger partial charge >= 0.3 is 0 Å². The van der Waals surface area contributed by atoms with Crippen LogP contribution in [0.1, 0.15) is 15.9 Å². The van der Waals surface area contributed by atoms with Crippen LogP contribution in [0.2, 0.25) is 0 Å². The summed E-state index contributed by atoms with van der Waals surface area (Å²) in [6.07, 6.45) is 0. The number of aryl methyl sites for hydroxylation is 1. The van der Waals surface area contributed by atoms with Crippen molar-refractivity contribution >= 4 is 5.91 Å². The van der Waals surface area contributed by atoms with Gasteiger partial charge in [0.15, 0.2) is 0 Å². The Labute approximate surface area is 89.3 Å². The summed E-state index contributed by atoms with van der Waals surface area (Å²) in [5.41, 5.74) is 1.28. The largest absolute Gasteiger partial charge is 0.507 e. The third-order valence-electron chi connectivity index (χ3n) is 2.06. The molecule has 1 aromatic carbocycles. The summed E-state index contributed by atoms with van der Waals surface area (Å²) in [6.45, 7) is 3.13. The molecule has 0 atom stereocenters. The lowest BCUT2D eigenvalue weighted by molar-refractivity contribution is 0.0951. The molecule has 0 aliphatic carbocycles. The number of benzene rings is 1. The average Bonchev–Trinajstić information content (AvgIpc) is 2.22. The molecular weight excluding hydrogens is 192 g/mol. The van der Waals surface area contributed by atoms with Crippen LogP contribution < -0.4 is 10.6 Å². The molecular formula is C11H16N2O2. The number of likely N-dealkylation sites (N-methyl/N-ethyl adjacent to an activating group) is 1. The summed E-state index contributed by atoms with van der Waals surface area (Å²) in [5.74, 6) is -0.228. The maximum Gasteiger partial charge on any atom is 0.255 e. The second-order valence-corrected chi connectivity index (χ2v) is 3.38. The highest BCUT2D eigenvalue weighted by Gasteiger charge is 2.09. The van der Waals surface area contributed by atoms with E-state index >= 15 is 0 Å². The number of aromatic hydroxyl groups is 1. The van der Waals surface area contributed by atoms with E-state index < -0.39 is 0 Å². The number of hydrogen-bond donors (Lipinski definition) is 3. The van der Waals surface area contributed by atoms with Gasteiger partial charge < -0.3 is 15.7 Å². The minimum Gasteiger partial charge on any atom is -0.507 e. The molecule has 15 heavy (non-hydrogen) atoms. The predicted molar refractivity (Wildman–Crippen MR) is 59.1 cm³/mol. The summed E-state index contributed by atoms with van der Waals surface area (Å²) in [6, 6.07) is 4.96. The fourth-order valence-electron chi connectivity index (χ4n) is 1.23. The Morgan fingerprint density at radius 3 is 2.80 bits per heavy atom. The molecule has 4 heteroatoms. The van der Waals surface area contributed by atoms with Crippen LogP contribution in [0.4, 0.5) is 0 Å². The van der Waals surface area contributed by atoms with Gasteiger partial charge in [-0.1, -0.05) is 11.6 Å². The summed E-state index contributed by atoms with van der Waals surface area (Å²) < 4.78 is 0. The Morgan fingerprint density at radius 2 is 2.13 bits per heavy atom. The topological polar surface area (TPSA) is 61.4 Å². The molecule has 0 heterocycles. The first-order valence-electron chi connectivity index (χ1n) is 4.87.